The minimum atomic E-state index is -0.593. The molecule has 10 heteroatoms. The van der Waals surface area contributed by atoms with Gasteiger partial charge in [0.05, 0.1) is 13.7 Å². The number of piperidine rings is 1. The zero-order valence-electron chi connectivity index (χ0n) is 19.5. The number of nitrogens with zero attached hydrogens (tertiary/aromatic N) is 5. The maximum atomic E-state index is 13.6. The van der Waals surface area contributed by atoms with Gasteiger partial charge in [0.1, 0.15) is 22.8 Å². The molecule has 34 heavy (non-hydrogen) atoms. The van der Waals surface area contributed by atoms with Gasteiger partial charge in [-0.25, -0.2) is 9.97 Å². The van der Waals surface area contributed by atoms with E-state index in [1.165, 1.54) is 6.39 Å². The minimum absolute atomic E-state index is 0.0997. The third kappa shape index (κ3) is 4.16. The summed E-state index contributed by atoms with van der Waals surface area (Å²) in [6, 6.07) is 9.39. The number of benzene rings is 1. The summed E-state index contributed by atoms with van der Waals surface area (Å²) >= 11 is 0. The number of nitrogen functional groups attached to an aromatic ring is 1. The smallest absolute Gasteiger partial charge is 0.243 e. The van der Waals surface area contributed by atoms with Gasteiger partial charge in [-0.1, -0.05) is 12.1 Å². The van der Waals surface area contributed by atoms with E-state index in [1.54, 1.807) is 13.2 Å². The van der Waals surface area contributed by atoms with Crippen LogP contribution in [-0.4, -0.2) is 64.6 Å². The topological polar surface area (TPSA) is 123 Å². The molecule has 2 fully saturated rings. The molecule has 0 radical (unpaired) electrons. The van der Waals surface area contributed by atoms with Crippen molar-refractivity contribution in [3.05, 3.63) is 48.1 Å². The highest BCUT2D eigenvalue weighted by Gasteiger charge is 2.46. The number of nitrogens with one attached hydrogen (secondary N) is 1. The Kier molecular flexibility index (Phi) is 5.82. The van der Waals surface area contributed by atoms with Crippen molar-refractivity contribution < 1.29 is 13.9 Å². The molecule has 0 aliphatic carbocycles. The second-order valence-corrected chi connectivity index (χ2v) is 8.82. The maximum Gasteiger partial charge on any atom is 0.243 e. The number of hydrogen-bond acceptors (Lipinski definition) is 9. The highest BCUT2D eigenvalue weighted by Crippen LogP contribution is 2.31. The van der Waals surface area contributed by atoms with Crippen LogP contribution in [0.3, 0.4) is 0 Å². The Morgan fingerprint density at radius 3 is 2.79 bits per heavy atom. The lowest BCUT2D eigenvalue weighted by Crippen LogP contribution is -2.67. The molecule has 2 aliphatic rings. The Morgan fingerprint density at radius 1 is 1.21 bits per heavy atom. The van der Waals surface area contributed by atoms with Crippen LogP contribution in [0.25, 0.3) is 11.3 Å². The van der Waals surface area contributed by atoms with Crippen LogP contribution in [0, 0.1) is 6.92 Å². The van der Waals surface area contributed by atoms with Crippen molar-refractivity contribution in [2.24, 2.45) is 0 Å². The molecule has 10 nitrogen and oxygen atoms in total. The number of rotatable bonds is 5. The molecule has 2 aliphatic heterocycles. The molecule has 2 aromatic heterocycles. The number of hydrogen-bond donors (Lipinski definition) is 2. The van der Waals surface area contributed by atoms with Crippen molar-refractivity contribution >= 4 is 17.7 Å². The number of amides is 1. The number of aromatic nitrogens is 3. The molecule has 0 unspecified atom stereocenters. The molecule has 5 rings (SSSR count). The molecule has 2 saturated heterocycles. The first-order chi connectivity index (χ1) is 16.5. The minimum Gasteiger partial charge on any atom is -0.497 e. The Morgan fingerprint density at radius 2 is 2.03 bits per heavy atom. The van der Waals surface area contributed by atoms with Crippen LogP contribution in [0.5, 0.6) is 5.75 Å². The number of methoxy groups -OCH3 is 1. The normalized spacial score (nSPS) is 17.9. The first-order valence-corrected chi connectivity index (χ1v) is 11.4. The lowest BCUT2D eigenvalue weighted by molar-refractivity contribution is -0.143. The molecule has 1 aromatic carbocycles. The van der Waals surface area contributed by atoms with Gasteiger partial charge in [0.15, 0.2) is 12.2 Å². The summed E-state index contributed by atoms with van der Waals surface area (Å²) in [4.78, 5) is 30.9. The van der Waals surface area contributed by atoms with Gasteiger partial charge in [0.25, 0.3) is 0 Å². The zero-order chi connectivity index (χ0) is 23.7. The third-order valence-electron chi connectivity index (χ3n) is 6.62. The first-order valence-electron chi connectivity index (χ1n) is 11.4. The standard InChI is InChI=1S/C24H29N7O3/c1-16-12-20(25)29-23(28-16)30-9-6-24(7-10-30)22(32)31(11-8-27-24)14-19-21(34-15-26-19)17-4-3-5-18(13-17)33-2/h3-5,12-13,15,27H,6-11,14H2,1-2H3,(H2,25,28,29). The van der Waals surface area contributed by atoms with E-state index in [-0.39, 0.29) is 5.91 Å². The van der Waals surface area contributed by atoms with Gasteiger partial charge < -0.3 is 30.0 Å². The van der Waals surface area contributed by atoms with E-state index in [0.717, 1.165) is 29.2 Å². The Labute approximate surface area is 198 Å². The van der Waals surface area contributed by atoms with Crippen LogP contribution in [0.4, 0.5) is 11.8 Å². The van der Waals surface area contributed by atoms with Crippen molar-refractivity contribution in [1.29, 1.82) is 0 Å². The number of piperazine rings is 1. The monoisotopic (exact) mass is 463 g/mol. The van der Waals surface area contributed by atoms with E-state index in [0.29, 0.717) is 56.5 Å². The second kappa shape index (κ2) is 8.94. The third-order valence-corrected chi connectivity index (χ3v) is 6.62. The van der Waals surface area contributed by atoms with Crippen LogP contribution in [0.15, 0.2) is 41.1 Å². The molecule has 178 valence electrons. The number of carbonyl (C=O) groups excluding carboxylic acids is 1. The Hall–Kier alpha value is -3.66. The van der Waals surface area contributed by atoms with E-state index >= 15 is 0 Å². The van der Waals surface area contributed by atoms with E-state index in [4.69, 9.17) is 14.9 Å². The van der Waals surface area contributed by atoms with E-state index < -0.39 is 5.54 Å². The predicted molar refractivity (Wildman–Crippen MR) is 127 cm³/mol. The second-order valence-electron chi connectivity index (χ2n) is 8.82. The van der Waals surface area contributed by atoms with Crippen LogP contribution >= 0.6 is 0 Å². The van der Waals surface area contributed by atoms with Crippen molar-refractivity contribution in [1.82, 2.24) is 25.2 Å². The van der Waals surface area contributed by atoms with Gasteiger partial charge in [-0.05, 0) is 31.9 Å². The van der Waals surface area contributed by atoms with Crippen LogP contribution in [0.2, 0.25) is 0 Å². The molecular weight excluding hydrogens is 434 g/mol. The number of ether oxygens (including phenoxy) is 1. The molecule has 0 saturated carbocycles. The number of nitrogens with two attached hydrogens (primary N) is 1. The summed E-state index contributed by atoms with van der Waals surface area (Å²) < 4.78 is 11.0. The number of anilines is 2. The van der Waals surface area contributed by atoms with Crippen molar-refractivity contribution in [3.8, 4) is 17.1 Å². The first kappa shape index (κ1) is 22.1. The molecule has 0 bridgehead atoms. The quantitative estimate of drug-likeness (QED) is 0.585. The molecule has 1 spiro atoms. The lowest BCUT2D eigenvalue weighted by Gasteiger charge is -2.46. The van der Waals surface area contributed by atoms with E-state index in [2.05, 4.69) is 25.2 Å². The van der Waals surface area contributed by atoms with E-state index in [1.807, 2.05) is 36.1 Å². The maximum absolute atomic E-state index is 13.6. The fourth-order valence-electron chi connectivity index (χ4n) is 4.82. The largest absolute Gasteiger partial charge is 0.497 e. The summed E-state index contributed by atoms with van der Waals surface area (Å²) in [5, 5.41) is 3.51. The molecule has 3 aromatic rings. The predicted octanol–water partition coefficient (Wildman–Crippen LogP) is 2.00. The highest BCUT2D eigenvalue weighted by atomic mass is 16.5. The average molecular weight is 464 g/mol. The van der Waals surface area contributed by atoms with Crippen LogP contribution in [-0.2, 0) is 11.3 Å². The molecular formula is C24H29N7O3. The molecule has 4 heterocycles. The molecule has 0 atom stereocenters. The average Bonchev–Trinajstić information content (AvgIpc) is 3.30. The fourth-order valence-corrected chi connectivity index (χ4v) is 4.82. The van der Waals surface area contributed by atoms with E-state index in [9.17, 15) is 4.79 Å². The SMILES string of the molecule is COc1cccc(-c2ocnc2CN2CCNC3(CCN(c4nc(C)cc(N)n4)CC3)C2=O)c1. The van der Waals surface area contributed by atoms with Crippen molar-refractivity contribution in [3.63, 3.8) is 0 Å². The van der Waals surface area contributed by atoms with Crippen molar-refractivity contribution in [2.45, 2.75) is 31.8 Å². The number of carbonyl (C=O) groups is 1. The van der Waals surface area contributed by atoms with Gasteiger partial charge in [-0.3, -0.25) is 4.79 Å². The summed E-state index contributed by atoms with van der Waals surface area (Å²) in [5.74, 6) is 2.58. The Balaban J connectivity index is 1.30. The van der Waals surface area contributed by atoms with Crippen LogP contribution < -0.4 is 20.7 Å². The highest BCUT2D eigenvalue weighted by molar-refractivity contribution is 5.87. The number of oxazole rings is 1. The number of aryl methyl sites for hydroxylation is 1. The van der Waals surface area contributed by atoms with Gasteiger partial charge in [-0.2, -0.15) is 4.98 Å². The van der Waals surface area contributed by atoms with Gasteiger partial charge in [0, 0.05) is 43.5 Å². The van der Waals surface area contributed by atoms with Crippen LogP contribution in [0.1, 0.15) is 24.2 Å². The molecule has 3 N–H and O–H groups in total. The van der Waals surface area contributed by atoms with Crippen molar-refractivity contribution in [2.75, 3.05) is 43.9 Å². The van der Waals surface area contributed by atoms with Gasteiger partial charge >= 0.3 is 0 Å². The fraction of sp³-hybridized carbons (Fsp3) is 0.417. The summed E-state index contributed by atoms with van der Waals surface area (Å²) in [7, 11) is 1.63. The lowest BCUT2D eigenvalue weighted by atomic mass is 9.84. The van der Waals surface area contributed by atoms with Gasteiger partial charge in [-0.15, -0.1) is 0 Å². The molecule has 1 amide bonds. The van der Waals surface area contributed by atoms with Gasteiger partial charge in [0.2, 0.25) is 11.9 Å². The summed E-state index contributed by atoms with van der Waals surface area (Å²) in [6.45, 7) is 4.99. The summed E-state index contributed by atoms with van der Waals surface area (Å²) in [5.41, 5.74) is 7.75. The Bertz CT molecular complexity index is 1170. The zero-order valence-corrected chi connectivity index (χ0v) is 19.5. The summed E-state index contributed by atoms with van der Waals surface area (Å²) in [6.07, 6.45) is 2.76.